The van der Waals surface area contributed by atoms with Gasteiger partial charge < -0.3 is 9.22 Å². The van der Waals surface area contributed by atoms with E-state index in [0.717, 1.165) is 35.6 Å². The summed E-state index contributed by atoms with van der Waals surface area (Å²) in [4.78, 5) is 4.44. The summed E-state index contributed by atoms with van der Waals surface area (Å²) in [6, 6.07) is 13.8. The summed E-state index contributed by atoms with van der Waals surface area (Å²) < 4.78 is 66.6. The summed E-state index contributed by atoms with van der Waals surface area (Å²) in [5.74, 6) is -0.688. The molecule has 4 aromatic rings. The number of aromatic nitrogens is 2. The van der Waals surface area contributed by atoms with Crippen LogP contribution in [0.25, 0.3) is 5.69 Å². The van der Waals surface area contributed by atoms with Crippen LogP contribution >= 0.6 is 35.0 Å². The van der Waals surface area contributed by atoms with Crippen LogP contribution in [0.2, 0.25) is 10.0 Å². The maximum Gasteiger partial charge on any atom is 0.241 e. The molecule has 1 heterocycles. The fourth-order valence-corrected chi connectivity index (χ4v) is 7.78. The number of nitrogens with one attached hydrogen (secondary N) is 1. The SMILES string of the molecule is COc1cc(C(C)(C)c2cnc(SCc3c(F)cc(Cl)cc3S(=O)(=O)NCCC[N+](C)(C)C)n2-c2ccc(F)cc2)ccc1Cl. The molecule has 0 saturated heterocycles. The van der Waals surface area contributed by atoms with Crippen molar-refractivity contribution in [3.8, 4) is 11.4 Å². The molecule has 0 aliphatic heterocycles. The number of quaternary nitrogens is 1. The number of imidazole rings is 1. The van der Waals surface area contributed by atoms with Gasteiger partial charge in [-0.25, -0.2) is 26.9 Å². The Morgan fingerprint density at radius 3 is 2.38 bits per heavy atom. The van der Waals surface area contributed by atoms with Crippen LogP contribution in [0, 0.1) is 11.6 Å². The van der Waals surface area contributed by atoms with Gasteiger partial charge in [0.15, 0.2) is 5.16 Å². The van der Waals surface area contributed by atoms with Crippen LogP contribution < -0.4 is 9.46 Å². The fraction of sp³-hybridized carbons (Fsp3) is 0.344. The number of nitrogens with zero attached hydrogens (tertiary/aromatic N) is 3. The Labute approximate surface area is 278 Å². The van der Waals surface area contributed by atoms with Crippen LogP contribution in [-0.4, -0.2) is 63.8 Å². The van der Waals surface area contributed by atoms with Crippen molar-refractivity contribution in [3.63, 3.8) is 0 Å². The third-order valence-corrected chi connectivity index (χ3v) is 10.4. The molecule has 0 bridgehead atoms. The lowest BCUT2D eigenvalue weighted by atomic mass is 9.81. The van der Waals surface area contributed by atoms with Crippen molar-refractivity contribution in [2.75, 3.05) is 41.3 Å². The van der Waals surface area contributed by atoms with Crippen LogP contribution in [0.4, 0.5) is 8.78 Å². The van der Waals surface area contributed by atoms with Crippen LogP contribution in [0.3, 0.4) is 0 Å². The molecule has 0 fully saturated rings. The number of rotatable bonds is 13. The fourth-order valence-electron chi connectivity index (χ4n) is 4.85. The first kappa shape index (κ1) is 35.2. The lowest BCUT2D eigenvalue weighted by Crippen LogP contribution is -2.37. The Balaban J connectivity index is 1.72. The molecule has 1 N–H and O–H groups in total. The van der Waals surface area contributed by atoms with Gasteiger partial charge in [0, 0.05) is 40.4 Å². The molecule has 45 heavy (non-hydrogen) atoms. The van der Waals surface area contributed by atoms with E-state index in [1.807, 2.05) is 51.7 Å². The zero-order valence-electron chi connectivity index (χ0n) is 26.0. The van der Waals surface area contributed by atoms with Crippen molar-refractivity contribution >= 4 is 45.0 Å². The summed E-state index contributed by atoms with van der Waals surface area (Å²) in [6.07, 6.45) is 2.31. The van der Waals surface area contributed by atoms with E-state index in [-0.39, 0.29) is 27.8 Å². The summed E-state index contributed by atoms with van der Waals surface area (Å²) >= 11 is 13.6. The first-order valence-corrected chi connectivity index (χ1v) is 17.3. The summed E-state index contributed by atoms with van der Waals surface area (Å²) in [5, 5.41) is 0.904. The molecule has 4 rings (SSSR count). The maximum absolute atomic E-state index is 15.4. The summed E-state index contributed by atoms with van der Waals surface area (Å²) in [5.41, 5.74) is 1.60. The van der Waals surface area contributed by atoms with E-state index >= 15 is 4.39 Å². The molecule has 0 atom stereocenters. The highest BCUT2D eigenvalue weighted by Gasteiger charge is 2.31. The number of hydrogen-bond donors (Lipinski definition) is 1. The van der Waals surface area contributed by atoms with Gasteiger partial charge in [0.2, 0.25) is 10.0 Å². The van der Waals surface area contributed by atoms with E-state index in [1.54, 1.807) is 31.5 Å². The molecule has 0 spiro atoms. The molecular weight excluding hydrogens is 661 g/mol. The predicted octanol–water partition coefficient (Wildman–Crippen LogP) is 7.46. The van der Waals surface area contributed by atoms with Gasteiger partial charge in [0.1, 0.15) is 17.4 Å². The van der Waals surface area contributed by atoms with Crippen molar-refractivity contribution in [3.05, 3.63) is 99.3 Å². The third kappa shape index (κ3) is 8.38. The van der Waals surface area contributed by atoms with E-state index in [4.69, 9.17) is 27.9 Å². The van der Waals surface area contributed by atoms with E-state index in [2.05, 4.69) is 9.71 Å². The second-order valence-corrected chi connectivity index (χ2v) is 15.7. The van der Waals surface area contributed by atoms with Crippen LogP contribution in [-0.2, 0) is 21.2 Å². The lowest BCUT2D eigenvalue weighted by molar-refractivity contribution is -0.870. The Bertz CT molecular complexity index is 1770. The maximum atomic E-state index is 15.4. The molecule has 0 saturated carbocycles. The van der Waals surface area contributed by atoms with Crippen molar-refractivity contribution in [1.82, 2.24) is 14.3 Å². The standard InChI is InChI=1S/C32H37Cl2F2N4O3S2/c1-32(2,21-8-13-26(34)28(16-21)43-6)30-19-37-31(39(30)24-11-9-23(35)10-12-24)44-20-25-27(36)17-22(33)18-29(25)45(41,42)38-14-7-15-40(3,4)5/h8-13,16-19,38H,7,14-15,20H2,1-6H3/q+1. The minimum absolute atomic E-state index is 0.0248. The Morgan fingerprint density at radius 1 is 1.04 bits per heavy atom. The summed E-state index contributed by atoms with van der Waals surface area (Å²) in [6.45, 7) is 4.97. The number of ether oxygens (including phenoxy) is 1. The predicted molar refractivity (Wildman–Crippen MR) is 177 cm³/mol. The molecular formula is C32H37Cl2F2N4O3S2+. The van der Waals surface area contributed by atoms with Crippen LogP contribution in [0.5, 0.6) is 5.75 Å². The van der Waals surface area contributed by atoms with E-state index < -0.39 is 27.1 Å². The van der Waals surface area contributed by atoms with Crippen molar-refractivity contribution in [2.24, 2.45) is 0 Å². The second kappa shape index (κ2) is 14.0. The monoisotopic (exact) mass is 697 g/mol. The summed E-state index contributed by atoms with van der Waals surface area (Å²) in [7, 11) is 3.52. The highest BCUT2D eigenvalue weighted by atomic mass is 35.5. The van der Waals surface area contributed by atoms with Crippen LogP contribution in [0.15, 0.2) is 70.8 Å². The first-order chi connectivity index (χ1) is 21.0. The number of methoxy groups -OCH3 is 1. The van der Waals surface area contributed by atoms with Gasteiger partial charge in [0.05, 0.1) is 56.6 Å². The van der Waals surface area contributed by atoms with E-state index in [9.17, 15) is 12.8 Å². The zero-order chi connectivity index (χ0) is 33.2. The molecule has 0 unspecified atom stereocenters. The number of benzene rings is 3. The minimum atomic E-state index is -4.08. The zero-order valence-corrected chi connectivity index (χ0v) is 29.1. The minimum Gasteiger partial charge on any atom is -0.495 e. The lowest BCUT2D eigenvalue weighted by Gasteiger charge is -2.28. The molecule has 0 aliphatic rings. The average molecular weight is 699 g/mol. The molecule has 7 nitrogen and oxygen atoms in total. The largest absolute Gasteiger partial charge is 0.495 e. The molecule has 1 aromatic heterocycles. The highest BCUT2D eigenvalue weighted by molar-refractivity contribution is 7.98. The number of hydrogen-bond acceptors (Lipinski definition) is 5. The quantitative estimate of drug-likeness (QED) is 0.0892. The van der Waals surface area contributed by atoms with E-state index in [0.29, 0.717) is 32.5 Å². The average Bonchev–Trinajstić information content (AvgIpc) is 3.39. The topological polar surface area (TPSA) is 73.2 Å². The molecule has 242 valence electrons. The number of thioether (sulfide) groups is 1. The normalized spacial score (nSPS) is 12.5. The van der Waals surface area contributed by atoms with Gasteiger partial charge in [-0.3, -0.25) is 4.57 Å². The number of sulfonamides is 1. The molecule has 0 radical (unpaired) electrons. The van der Waals surface area contributed by atoms with Gasteiger partial charge >= 0.3 is 0 Å². The van der Waals surface area contributed by atoms with Crippen molar-refractivity contribution in [2.45, 2.75) is 41.5 Å². The smallest absolute Gasteiger partial charge is 0.241 e. The number of halogens is 4. The highest BCUT2D eigenvalue weighted by Crippen LogP contribution is 2.40. The van der Waals surface area contributed by atoms with Gasteiger partial charge in [-0.1, -0.05) is 54.9 Å². The Kier molecular flexibility index (Phi) is 10.9. The van der Waals surface area contributed by atoms with Gasteiger partial charge in [-0.05, 0) is 54.1 Å². The van der Waals surface area contributed by atoms with E-state index in [1.165, 1.54) is 18.2 Å². The molecule has 0 aliphatic carbocycles. The second-order valence-electron chi connectivity index (χ2n) is 12.1. The molecule has 0 amide bonds. The Morgan fingerprint density at radius 2 is 1.73 bits per heavy atom. The molecule has 13 heteroatoms. The van der Waals surface area contributed by atoms with Crippen molar-refractivity contribution < 1.29 is 26.4 Å². The molecule has 3 aromatic carbocycles. The first-order valence-electron chi connectivity index (χ1n) is 14.1. The van der Waals surface area contributed by atoms with Gasteiger partial charge in [-0.2, -0.15) is 0 Å². The van der Waals surface area contributed by atoms with Crippen LogP contribution in [0.1, 0.15) is 37.1 Å². The van der Waals surface area contributed by atoms with Crippen molar-refractivity contribution in [1.29, 1.82) is 0 Å². The third-order valence-electron chi connectivity index (χ3n) is 7.38. The van der Waals surface area contributed by atoms with Gasteiger partial charge in [-0.15, -0.1) is 0 Å². The Hall–Kier alpha value is -2.67. The van der Waals surface area contributed by atoms with Gasteiger partial charge in [0.25, 0.3) is 0 Å².